The van der Waals surface area contributed by atoms with E-state index in [9.17, 15) is 4.79 Å². The Balaban J connectivity index is 1.41. The number of carbonyl (C=O) groups is 1. The Kier molecular flexibility index (Phi) is 5.82. The highest BCUT2D eigenvalue weighted by Gasteiger charge is 2.22. The molecule has 1 unspecified atom stereocenters. The predicted molar refractivity (Wildman–Crippen MR) is 100 cm³/mol. The molecule has 4 nitrogen and oxygen atoms in total. The summed E-state index contributed by atoms with van der Waals surface area (Å²) in [6.07, 6.45) is 2.26. The maximum absolute atomic E-state index is 12.3. The van der Waals surface area contributed by atoms with Crippen molar-refractivity contribution >= 4 is 5.91 Å². The van der Waals surface area contributed by atoms with E-state index >= 15 is 0 Å². The molecule has 1 aromatic carbocycles. The Morgan fingerprint density at radius 3 is 2.64 bits per heavy atom. The summed E-state index contributed by atoms with van der Waals surface area (Å²) in [5.41, 5.74) is 3.86. The van der Waals surface area contributed by atoms with Gasteiger partial charge in [0.25, 0.3) is 5.91 Å². The van der Waals surface area contributed by atoms with Gasteiger partial charge in [0.15, 0.2) is 0 Å². The molecule has 132 valence electrons. The second-order valence-corrected chi connectivity index (χ2v) is 7.06. The molecule has 0 saturated carbocycles. The van der Waals surface area contributed by atoms with E-state index in [2.05, 4.69) is 45.5 Å². The molecule has 0 radical (unpaired) electrons. The molecule has 1 saturated heterocycles. The average molecular weight is 337 g/mol. The predicted octanol–water partition coefficient (Wildman–Crippen LogP) is 3.34. The lowest BCUT2D eigenvalue weighted by atomic mass is 10.1. The highest BCUT2D eigenvalue weighted by atomic mass is 16.1. The summed E-state index contributed by atoms with van der Waals surface area (Å²) in [7, 11) is 0. The minimum absolute atomic E-state index is 0.00717. The van der Waals surface area contributed by atoms with Crippen molar-refractivity contribution in [2.24, 2.45) is 5.92 Å². The third-order valence-corrected chi connectivity index (χ3v) is 4.80. The average Bonchev–Trinajstić information content (AvgIpc) is 3.02. The molecule has 3 rings (SSSR count). The van der Waals surface area contributed by atoms with E-state index in [0.717, 1.165) is 44.0 Å². The molecular formula is C21H27N3O. The maximum atomic E-state index is 12.3. The van der Waals surface area contributed by atoms with Crippen molar-refractivity contribution < 1.29 is 4.79 Å². The van der Waals surface area contributed by atoms with Crippen LogP contribution in [0.1, 0.15) is 40.2 Å². The molecule has 1 atom stereocenters. The number of benzene rings is 1. The van der Waals surface area contributed by atoms with Gasteiger partial charge in [-0.1, -0.05) is 30.3 Å². The van der Waals surface area contributed by atoms with E-state index in [1.807, 2.05) is 26.0 Å². The normalized spacial score (nSPS) is 17.6. The van der Waals surface area contributed by atoms with Crippen molar-refractivity contribution in [3.63, 3.8) is 0 Å². The monoisotopic (exact) mass is 337 g/mol. The number of likely N-dealkylation sites (tertiary alicyclic amines) is 1. The third-order valence-electron chi connectivity index (χ3n) is 4.80. The van der Waals surface area contributed by atoms with Gasteiger partial charge in [-0.05, 0) is 56.8 Å². The Hall–Kier alpha value is -2.20. The summed E-state index contributed by atoms with van der Waals surface area (Å²) in [6.45, 7) is 7.88. The lowest BCUT2D eigenvalue weighted by molar-refractivity contribution is 0.0951. The van der Waals surface area contributed by atoms with E-state index < -0.39 is 0 Å². The molecule has 0 spiro atoms. The van der Waals surface area contributed by atoms with Gasteiger partial charge in [0.05, 0.1) is 0 Å². The van der Waals surface area contributed by atoms with Gasteiger partial charge in [-0.3, -0.25) is 14.7 Å². The molecule has 4 heteroatoms. The topological polar surface area (TPSA) is 45.2 Å². The van der Waals surface area contributed by atoms with E-state index in [0.29, 0.717) is 11.5 Å². The van der Waals surface area contributed by atoms with Crippen molar-refractivity contribution in [3.05, 3.63) is 65.0 Å². The summed E-state index contributed by atoms with van der Waals surface area (Å²) in [4.78, 5) is 19.1. The van der Waals surface area contributed by atoms with E-state index in [1.54, 1.807) is 0 Å². The molecule has 1 aromatic heterocycles. The van der Waals surface area contributed by atoms with Gasteiger partial charge >= 0.3 is 0 Å². The zero-order valence-electron chi connectivity index (χ0n) is 15.2. The summed E-state index contributed by atoms with van der Waals surface area (Å²) in [5.74, 6) is 0.678. The summed E-state index contributed by atoms with van der Waals surface area (Å²) in [5, 5.41) is 3.06. The minimum atomic E-state index is 0.00717. The quantitative estimate of drug-likeness (QED) is 0.879. The van der Waals surface area contributed by atoms with Crippen LogP contribution in [0.15, 0.2) is 42.5 Å². The van der Waals surface area contributed by atoms with Gasteiger partial charge in [0.1, 0.15) is 0 Å². The van der Waals surface area contributed by atoms with Crippen LogP contribution in [0.25, 0.3) is 0 Å². The zero-order chi connectivity index (χ0) is 17.6. The molecular weight excluding hydrogens is 310 g/mol. The highest BCUT2D eigenvalue weighted by molar-refractivity contribution is 5.94. The highest BCUT2D eigenvalue weighted by Crippen LogP contribution is 2.21. The number of nitrogens with zero attached hydrogens (tertiary/aromatic N) is 2. The lowest BCUT2D eigenvalue weighted by Crippen LogP contribution is -2.27. The molecule has 1 fully saturated rings. The third kappa shape index (κ3) is 5.13. The number of pyridine rings is 1. The second kappa shape index (κ2) is 8.26. The van der Waals surface area contributed by atoms with Gasteiger partial charge in [-0.15, -0.1) is 0 Å². The van der Waals surface area contributed by atoms with Crippen LogP contribution < -0.4 is 5.32 Å². The van der Waals surface area contributed by atoms with Gasteiger partial charge in [-0.25, -0.2) is 0 Å². The number of carbonyl (C=O) groups excluding carboxylic acids is 1. The lowest BCUT2D eigenvalue weighted by Gasteiger charge is -2.16. The fourth-order valence-electron chi connectivity index (χ4n) is 3.59. The molecule has 1 N–H and O–H groups in total. The van der Waals surface area contributed by atoms with Crippen LogP contribution in [0.2, 0.25) is 0 Å². The largest absolute Gasteiger partial charge is 0.352 e. The van der Waals surface area contributed by atoms with Crippen LogP contribution in [0.4, 0.5) is 0 Å². The number of hydrogen-bond donors (Lipinski definition) is 1. The molecule has 1 aliphatic heterocycles. The van der Waals surface area contributed by atoms with E-state index in [4.69, 9.17) is 0 Å². The van der Waals surface area contributed by atoms with Crippen LogP contribution in [0.3, 0.4) is 0 Å². The van der Waals surface area contributed by atoms with E-state index in [-0.39, 0.29) is 5.91 Å². The Morgan fingerprint density at radius 2 is 1.92 bits per heavy atom. The Bertz CT molecular complexity index is 694. The summed E-state index contributed by atoms with van der Waals surface area (Å²) < 4.78 is 0. The van der Waals surface area contributed by atoms with Gasteiger partial charge in [0, 0.05) is 36.6 Å². The molecule has 2 heterocycles. The smallest absolute Gasteiger partial charge is 0.251 e. The van der Waals surface area contributed by atoms with Gasteiger partial charge in [-0.2, -0.15) is 0 Å². The number of amides is 1. The van der Waals surface area contributed by atoms with Gasteiger partial charge in [0.2, 0.25) is 0 Å². The first-order chi connectivity index (χ1) is 12.1. The fourth-order valence-corrected chi connectivity index (χ4v) is 3.59. The van der Waals surface area contributed by atoms with Crippen molar-refractivity contribution in [3.8, 4) is 0 Å². The van der Waals surface area contributed by atoms with Gasteiger partial charge < -0.3 is 5.32 Å². The first-order valence-electron chi connectivity index (χ1n) is 9.10. The fraction of sp³-hybridized carbons (Fsp3) is 0.429. The number of rotatable bonds is 6. The molecule has 25 heavy (non-hydrogen) atoms. The molecule has 2 aromatic rings. The minimum Gasteiger partial charge on any atom is -0.352 e. The Labute approximate surface area is 150 Å². The van der Waals surface area contributed by atoms with Crippen LogP contribution in [-0.2, 0) is 6.54 Å². The van der Waals surface area contributed by atoms with Crippen molar-refractivity contribution in [2.75, 3.05) is 19.6 Å². The standard InChI is InChI=1S/C21H27N3O/c1-16-12-20(13-17(2)23-16)21(25)22-10-8-19-9-11-24(15-19)14-18-6-4-3-5-7-18/h3-7,12-13,19H,8-11,14-15H2,1-2H3,(H,22,25). The molecule has 0 bridgehead atoms. The number of aromatic nitrogens is 1. The van der Waals surface area contributed by atoms with Crippen LogP contribution in [0.5, 0.6) is 0 Å². The second-order valence-electron chi connectivity index (χ2n) is 7.06. The summed E-state index contributed by atoms with van der Waals surface area (Å²) >= 11 is 0. The van der Waals surface area contributed by atoms with Crippen molar-refractivity contribution in [1.29, 1.82) is 0 Å². The van der Waals surface area contributed by atoms with Crippen molar-refractivity contribution in [2.45, 2.75) is 33.2 Å². The summed E-state index contributed by atoms with van der Waals surface area (Å²) in [6, 6.07) is 14.3. The molecule has 0 aliphatic carbocycles. The van der Waals surface area contributed by atoms with E-state index in [1.165, 1.54) is 12.0 Å². The van der Waals surface area contributed by atoms with Crippen LogP contribution in [-0.4, -0.2) is 35.4 Å². The van der Waals surface area contributed by atoms with Crippen molar-refractivity contribution in [1.82, 2.24) is 15.2 Å². The number of aryl methyl sites for hydroxylation is 2. The first kappa shape index (κ1) is 17.6. The maximum Gasteiger partial charge on any atom is 0.251 e. The zero-order valence-corrected chi connectivity index (χ0v) is 15.2. The van der Waals surface area contributed by atoms with Crippen LogP contribution in [0, 0.1) is 19.8 Å². The number of hydrogen-bond acceptors (Lipinski definition) is 3. The Morgan fingerprint density at radius 1 is 1.20 bits per heavy atom. The number of nitrogens with one attached hydrogen (secondary N) is 1. The molecule has 1 amide bonds. The SMILES string of the molecule is Cc1cc(C(=O)NCCC2CCN(Cc3ccccc3)C2)cc(C)n1. The van der Waals surface area contributed by atoms with Crippen LogP contribution >= 0.6 is 0 Å². The first-order valence-corrected chi connectivity index (χ1v) is 9.10. The molecule has 1 aliphatic rings.